The fourth-order valence-electron chi connectivity index (χ4n) is 1.65. The summed E-state index contributed by atoms with van der Waals surface area (Å²) in [4.78, 5) is 9.55. The van der Waals surface area contributed by atoms with E-state index in [0.717, 1.165) is 4.68 Å². The van der Waals surface area contributed by atoms with Crippen molar-refractivity contribution in [1.29, 1.82) is 0 Å². The molecule has 0 saturated heterocycles. The van der Waals surface area contributed by atoms with E-state index < -0.39 is 27.6 Å². The zero-order valence-corrected chi connectivity index (χ0v) is 11.6. The maximum atomic E-state index is 12.7. The fourth-order valence-corrected chi connectivity index (χ4v) is 2.03. The summed E-state index contributed by atoms with van der Waals surface area (Å²) in [5.41, 5.74) is -2.32. The average molecular weight is 340 g/mol. The number of alkyl halides is 3. The Labute approximate surface area is 126 Å². The van der Waals surface area contributed by atoms with Crippen LogP contribution in [0.1, 0.15) is 11.3 Å². The summed E-state index contributed by atoms with van der Waals surface area (Å²) in [6.45, 7) is -0.146. The zero-order chi connectivity index (χ0) is 15.8. The van der Waals surface area contributed by atoms with Gasteiger partial charge >= 0.3 is 11.9 Å². The Kier molecular flexibility index (Phi) is 4.11. The first kappa shape index (κ1) is 15.6. The topological polar surface area (TPSA) is 61.0 Å². The van der Waals surface area contributed by atoms with E-state index in [0.29, 0.717) is 10.6 Å². The van der Waals surface area contributed by atoms with Gasteiger partial charge in [-0.3, -0.25) is 10.1 Å². The smallest absolute Gasteiger partial charge is 0.258 e. The highest BCUT2D eigenvalue weighted by Gasteiger charge is 2.44. The van der Waals surface area contributed by atoms with Gasteiger partial charge in [0.25, 0.3) is 0 Å². The van der Waals surface area contributed by atoms with E-state index >= 15 is 0 Å². The minimum atomic E-state index is -4.96. The van der Waals surface area contributed by atoms with Crippen LogP contribution in [0.2, 0.25) is 10.2 Å². The van der Waals surface area contributed by atoms with E-state index in [4.69, 9.17) is 23.2 Å². The molecule has 2 aromatic rings. The third-order valence-electron chi connectivity index (χ3n) is 2.56. The minimum absolute atomic E-state index is 0.146. The largest absolute Gasteiger partial charge is 0.442 e. The number of rotatable bonds is 3. The van der Waals surface area contributed by atoms with Gasteiger partial charge in [0.2, 0.25) is 10.8 Å². The molecule has 10 heteroatoms. The first-order valence-corrected chi connectivity index (χ1v) is 6.18. The lowest BCUT2D eigenvalue weighted by Crippen LogP contribution is -2.10. The molecule has 0 aliphatic rings. The summed E-state index contributed by atoms with van der Waals surface area (Å²) in [5.74, 6) is 0. The summed E-state index contributed by atoms with van der Waals surface area (Å²) < 4.78 is 38.9. The van der Waals surface area contributed by atoms with Gasteiger partial charge < -0.3 is 0 Å². The van der Waals surface area contributed by atoms with Gasteiger partial charge in [-0.1, -0.05) is 35.3 Å². The van der Waals surface area contributed by atoms with E-state index in [1.807, 2.05) is 0 Å². The Hall–Kier alpha value is -1.80. The van der Waals surface area contributed by atoms with Crippen molar-refractivity contribution in [3.63, 3.8) is 0 Å². The SMILES string of the molecule is O=[N+]([O-])c1c(C(F)(F)F)nn(Cc2ccc(Cl)cc2)c1Cl. The highest BCUT2D eigenvalue weighted by atomic mass is 35.5. The molecule has 0 radical (unpaired) electrons. The van der Waals surface area contributed by atoms with Crippen LogP contribution in [0, 0.1) is 10.1 Å². The predicted octanol–water partition coefficient (Wildman–Crippen LogP) is 4.17. The Bertz CT molecular complexity index is 683. The van der Waals surface area contributed by atoms with E-state index in [1.54, 1.807) is 12.1 Å². The molecule has 112 valence electrons. The van der Waals surface area contributed by atoms with Gasteiger partial charge in [0.15, 0.2) is 0 Å². The predicted molar refractivity (Wildman–Crippen MR) is 69.4 cm³/mol. The summed E-state index contributed by atoms with van der Waals surface area (Å²) in [7, 11) is 0. The number of benzene rings is 1. The normalized spacial score (nSPS) is 11.7. The van der Waals surface area contributed by atoms with Crippen molar-refractivity contribution < 1.29 is 18.1 Å². The van der Waals surface area contributed by atoms with Crippen molar-refractivity contribution in [3.8, 4) is 0 Å². The highest BCUT2D eigenvalue weighted by Crippen LogP contribution is 2.39. The molecular formula is C11H6Cl2F3N3O2. The third kappa shape index (κ3) is 3.27. The van der Waals surface area contributed by atoms with Crippen molar-refractivity contribution in [2.45, 2.75) is 12.7 Å². The second-order valence-corrected chi connectivity index (χ2v) is 4.82. The van der Waals surface area contributed by atoms with Crippen LogP contribution in [0.5, 0.6) is 0 Å². The molecule has 1 aromatic carbocycles. The second kappa shape index (κ2) is 5.53. The molecule has 0 N–H and O–H groups in total. The molecule has 0 spiro atoms. The van der Waals surface area contributed by atoms with Crippen LogP contribution in [0.3, 0.4) is 0 Å². The summed E-state index contributed by atoms with van der Waals surface area (Å²) in [6, 6.07) is 6.18. The molecule has 0 saturated carbocycles. The van der Waals surface area contributed by atoms with Crippen LogP contribution >= 0.6 is 23.2 Å². The molecule has 0 fully saturated rings. The van der Waals surface area contributed by atoms with E-state index in [9.17, 15) is 23.3 Å². The maximum Gasteiger partial charge on any atom is 0.442 e. The molecule has 0 unspecified atom stereocenters. The summed E-state index contributed by atoms with van der Waals surface area (Å²) in [5, 5.41) is 13.7. The Balaban J connectivity index is 2.45. The van der Waals surface area contributed by atoms with Crippen LogP contribution in [-0.4, -0.2) is 14.7 Å². The van der Waals surface area contributed by atoms with Crippen LogP contribution in [0.4, 0.5) is 18.9 Å². The van der Waals surface area contributed by atoms with Gasteiger partial charge in [0.1, 0.15) is 0 Å². The maximum absolute atomic E-state index is 12.7. The molecule has 1 aromatic heterocycles. The average Bonchev–Trinajstić information content (AvgIpc) is 2.70. The molecule has 21 heavy (non-hydrogen) atoms. The van der Waals surface area contributed by atoms with Gasteiger partial charge in [-0.25, -0.2) is 4.68 Å². The van der Waals surface area contributed by atoms with Gasteiger partial charge in [-0.15, -0.1) is 0 Å². The van der Waals surface area contributed by atoms with Crippen LogP contribution in [0.25, 0.3) is 0 Å². The van der Waals surface area contributed by atoms with Crippen molar-refractivity contribution in [1.82, 2.24) is 9.78 Å². The monoisotopic (exact) mass is 339 g/mol. The summed E-state index contributed by atoms with van der Waals surface area (Å²) in [6.07, 6.45) is -4.96. The highest BCUT2D eigenvalue weighted by molar-refractivity contribution is 6.31. The number of aromatic nitrogens is 2. The standard InChI is InChI=1S/C11H6Cl2F3N3O2/c12-7-3-1-6(2-4-7)5-18-10(13)8(19(20)21)9(17-18)11(14,15)16/h1-4H,5H2. The van der Waals surface area contributed by atoms with Gasteiger partial charge in [-0.05, 0) is 17.7 Å². The van der Waals surface area contributed by atoms with E-state index in [-0.39, 0.29) is 6.54 Å². The molecule has 0 atom stereocenters. The lowest BCUT2D eigenvalue weighted by Gasteiger charge is -2.03. The number of nitro groups is 1. The number of halogens is 5. The first-order chi connectivity index (χ1) is 9.70. The van der Waals surface area contributed by atoms with Gasteiger partial charge in [-0.2, -0.15) is 18.3 Å². The van der Waals surface area contributed by atoms with E-state index in [1.165, 1.54) is 12.1 Å². The molecule has 0 amide bonds. The Morgan fingerprint density at radius 1 is 1.24 bits per heavy atom. The number of nitrogens with zero attached hydrogens (tertiary/aromatic N) is 3. The van der Waals surface area contributed by atoms with E-state index in [2.05, 4.69) is 5.10 Å². The molecule has 0 aliphatic carbocycles. The molecule has 5 nitrogen and oxygen atoms in total. The summed E-state index contributed by atoms with van der Waals surface area (Å²) >= 11 is 11.3. The lowest BCUT2D eigenvalue weighted by atomic mass is 10.2. The molecule has 0 bridgehead atoms. The molecule has 0 aliphatic heterocycles. The second-order valence-electron chi connectivity index (χ2n) is 4.03. The molecule has 2 rings (SSSR count). The fraction of sp³-hybridized carbons (Fsp3) is 0.182. The van der Waals surface area contributed by atoms with Crippen LogP contribution in [0.15, 0.2) is 24.3 Å². The number of hydrogen-bond donors (Lipinski definition) is 0. The van der Waals surface area contributed by atoms with Crippen molar-refractivity contribution >= 4 is 28.9 Å². The zero-order valence-electron chi connectivity index (χ0n) is 10.1. The third-order valence-corrected chi connectivity index (χ3v) is 3.19. The van der Waals surface area contributed by atoms with Gasteiger partial charge in [0.05, 0.1) is 11.5 Å². The first-order valence-electron chi connectivity index (χ1n) is 5.42. The molecule has 1 heterocycles. The number of hydrogen-bond acceptors (Lipinski definition) is 3. The van der Waals surface area contributed by atoms with Gasteiger partial charge in [0, 0.05) is 5.02 Å². The quantitative estimate of drug-likeness (QED) is 0.622. The minimum Gasteiger partial charge on any atom is -0.258 e. The van der Waals surface area contributed by atoms with Crippen molar-refractivity contribution in [2.75, 3.05) is 0 Å². The van der Waals surface area contributed by atoms with Crippen molar-refractivity contribution in [3.05, 3.63) is 55.8 Å². The lowest BCUT2D eigenvalue weighted by molar-refractivity contribution is -0.388. The Morgan fingerprint density at radius 2 is 1.81 bits per heavy atom. The van der Waals surface area contributed by atoms with Crippen molar-refractivity contribution in [2.24, 2.45) is 0 Å². The van der Waals surface area contributed by atoms with Crippen LogP contribution < -0.4 is 0 Å². The Morgan fingerprint density at radius 3 is 2.24 bits per heavy atom. The molecular weight excluding hydrogens is 334 g/mol. The van der Waals surface area contributed by atoms with Crippen LogP contribution in [-0.2, 0) is 12.7 Å².